The molecule has 154 valence electrons. The van der Waals surface area contributed by atoms with Crippen LogP contribution in [-0.4, -0.2) is 46.2 Å². The second-order valence-electron chi connectivity index (χ2n) is 6.17. The highest BCUT2D eigenvalue weighted by molar-refractivity contribution is 8.26. The van der Waals surface area contributed by atoms with Gasteiger partial charge < -0.3 is 10.1 Å². The number of ether oxygens (including phenoxy) is 1. The first-order valence-corrected chi connectivity index (χ1v) is 10.0. The van der Waals surface area contributed by atoms with Crippen LogP contribution in [0.4, 0.5) is 5.69 Å². The van der Waals surface area contributed by atoms with Gasteiger partial charge in [-0.3, -0.25) is 24.6 Å². The summed E-state index contributed by atoms with van der Waals surface area (Å²) in [5.74, 6) is 0.0767. The maximum atomic E-state index is 12.7. The number of amides is 2. The third kappa shape index (κ3) is 5.02. The number of methoxy groups -OCH3 is 1. The van der Waals surface area contributed by atoms with Crippen molar-refractivity contribution in [3.8, 4) is 5.75 Å². The number of hydrogen-bond donors (Lipinski definition) is 1. The van der Waals surface area contributed by atoms with Gasteiger partial charge in [0.25, 0.3) is 17.5 Å². The molecule has 0 saturated carbocycles. The van der Waals surface area contributed by atoms with E-state index in [9.17, 15) is 19.7 Å². The number of carbonyl (C=O) groups excluding carboxylic acids is 2. The average molecular weight is 444 g/mol. The number of hydrogen-bond acceptors (Lipinski definition) is 7. The lowest BCUT2D eigenvalue weighted by atomic mass is 10.2. The van der Waals surface area contributed by atoms with Gasteiger partial charge in [-0.15, -0.1) is 0 Å². The van der Waals surface area contributed by atoms with Gasteiger partial charge in [0.1, 0.15) is 10.1 Å². The van der Waals surface area contributed by atoms with Crippen molar-refractivity contribution < 1.29 is 19.2 Å². The number of nitrogens with zero attached hydrogens (tertiary/aromatic N) is 2. The van der Waals surface area contributed by atoms with Crippen LogP contribution in [0.3, 0.4) is 0 Å². The third-order valence-electron chi connectivity index (χ3n) is 4.23. The monoisotopic (exact) mass is 443 g/mol. The van der Waals surface area contributed by atoms with E-state index >= 15 is 0 Å². The number of benzene rings is 2. The molecule has 0 spiro atoms. The summed E-state index contributed by atoms with van der Waals surface area (Å²) in [6.45, 7) is 0.410. The Kier molecular flexibility index (Phi) is 6.80. The Morgan fingerprint density at radius 3 is 2.70 bits per heavy atom. The summed E-state index contributed by atoms with van der Waals surface area (Å²) in [6, 6.07) is 12.6. The highest BCUT2D eigenvalue weighted by Crippen LogP contribution is 2.32. The lowest BCUT2D eigenvalue weighted by Gasteiger charge is -2.14. The zero-order chi connectivity index (χ0) is 21.7. The Balaban J connectivity index is 1.58. The van der Waals surface area contributed by atoms with Crippen molar-refractivity contribution in [1.82, 2.24) is 10.2 Å². The molecule has 0 atom stereocenters. The molecule has 0 bridgehead atoms. The molecule has 3 rings (SSSR count). The van der Waals surface area contributed by atoms with Crippen molar-refractivity contribution in [3.63, 3.8) is 0 Å². The molecule has 1 aliphatic rings. The van der Waals surface area contributed by atoms with E-state index in [-0.39, 0.29) is 30.6 Å². The first kappa shape index (κ1) is 21.5. The fraction of sp³-hybridized carbons (Fsp3) is 0.150. The van der Waals surface area contributed by atoms with E-state index in [1.165, 1.54) is 40.9 Å². The van der Waals surface area contributed by atoms with Crippen LogP contribution in [0.15, 0.2) is 53.4 Å². The van der Waals surface area contributed by atoms with E-state index in [4.69, 9.17) is 17.0 Å². The topological polar surface area (TPSA) is 102 Å². The molecule has 1 saturated heterocycles. The summed E-state index contributed by atoms with van der Waals surface area (Å²) in [7, 11) is 1.57. The summed E-state index contributed by atoms with van der Waals surface area (Å²) in [5, 5.41) is 13.4. The molecule has 2 aromatic carbocycles. The van der Waals surface area contributed by atoms with Crippen molar-refractivity contribution in [2.24, 2.45) is 0 Å². The zero-order valence-corrected chi connectivity index (χ0v) is 17.5. The Morgan fingerprint density at radius 1 is 1.30 bits per heavy atom. The average Bonchev–Trinajstić information content (AvgIpc) is 3.01. The van der Waals surface area contributed by atoms with Gasteiger partial charge in [0.2, 0.25) is 0 Å². The summed E-state index contributed by atoms with van der Waals surface area (Å²) < 4.78 is 5.60. The Labute approximate surface area is 182 Å². The van der Waals surface area contributed by atoms with Crippen LogP contribution < -0.4 is 10.1 Å². The maximum Gasteiger partial charge on any atom is 0.269 e. The SMILES string of the molecule is COc1cccc(/C=C2/SC(=S)N(CCNC(=O)c3ccc([N+](=O)[O-])cc3)C2=O)c1. The number of thiocarbonyl (C=S) groups is 1. The lowest BCUT2D eigenvalue weighted by Crippen LogP contribution is -2.37. The van der Waals surface area contributed by atoms with Crippen LogP contribution in [0.1, 0.15) is 15.9 Å². The molecule has 1 heterocycles. The van der Waals surface area contributed by atoms with E-state index < -0.39 is 4.92 Å². The highest BCUT2D eigenvalue weighted by atomic mass is 32.2. The molecular formula is C20H17N3O5S2. The van der Waals surface area contributed by atoms with E-state index in [0.717, 1.165) is 5.56 Å². The summed E-state index contributed by atoms with van der Waals surface area (Å²) >= 11 is 6.50. The third-order valence-corrected chi connectivity index (χ3v) is 5.60. The van der Waals surface area contributed by atoms with Gasteiger partial charge >= 0.3 is 0 Å². The number of thioether (sulfide) groups is 1. The molecule has 8 nitrogen and oxygen atoms in total. The fourth-order valence-electron chi connectivity index (χ4n) is 2.69. The van der Waals surface area contributed by atoms with Crippen molar-refractivity contribution in [3.05, 3.63) is 74.7 Å². The number of non-ortho nitro benzene ring substituents is 1. The quantitative estimate of drug-likeness (QED) is 0.303. The van der Waals surface area contributed by atoms with Crippen molar-refractivity contribution >= 4 is 51.9 Å². The van der Waals surface area contributed by atoms with Crippen molar-refractivity contribution in [1.29, 1.82) is 0 Å². The van der Waals surface area contributed by atoms with Gasteiger partial charge in [0.05, 0.1) is 16.9 Å². The molecule has 1 N–H and O–H groups in total. The number of nitro benzene ring substituents is 1. The minimum atomic E-state index is -0.532. The van der Waals surface area contributed by atoms with Crippen LogP contribution >= 0.6 is 24.0 Å². The molecule has 0 aliphatic carbocycles. The van der Waals surface area contributed by atoms with Gasteiger partial charge in [0, 0.05) is 30.8 Å². The maximum absolute atomic E-state index is 12.7. The molecule has 10 heteroatoms. The fourth-order valence-corrected chi connectivity index (χ4v) is 4.00. The van der Waals surface area contributed by atoms with E-state index in [0.29, 0.717) is 20.5 Å². The second kappa shape index (κ2) is 9.51. The normalized spacial score (nSPS) is 14.8. The Morgan fingerprint density at radius 2 is 2.03 bits per heavy atom. The Bertz CT molecular complexity index is 1040. The predicted molar refractivity (Wildman–Crippen MR) is 118 cm³/mol. The predicted octanol–water partition coefficient (Wildman–Crippen LogP) is 3.23. The van der Waals surface area contributed by atoms with Crippen LogP contribution in [0, 0.1) is 10.1 Å². The smallest absolute Gasteiger partial charge is 0.269 e. The van der Waals surface area contributed by atoms with E-state index in [2.05, 4.69) is 5.32 Å². The largest absolute Gasteiger partial charge is 0.497 e. The highest BCUT2D eigenvalue weighted by Gasteiger charge is 2.31. The molecule has 1 fully saturated rings. The van der Waals surface area contributed by atoms with Gasteiger partial charge in [0.15, 0.2) is 0 Å². The van der Waals surface area contributed by atoms with Crippen LogP contribution in [0.2, 0.25) is 0 Å². The van der Waals surface area contributed by atoms with Crippen LogP contribution in [0.5, 0.6) is 5.75 Å². The Hall–Kier alpha value is -3.24. The van der Waals surface area contributed by atoms with Gasteiger partial charge in [-0.1, -0.05) is 36.1 Å². The molecule has 1 aliphatic heterocycles. The van der Waals surface area contributed by atoms with E-state index in [1.54, 1.807) is 13.2 Å². The summed E-state index contributed by atoms with van der Waals surface area (Å²) in [4.78, 5) is 36.9. The molecule has 30 heavy (non-hydrogen) atoms. The van der Waals surface area contributed by atoms with Gasteiger partial charge in [-0.2, -0.15) is 0 Å². The standard InChI is InChI=1S/C20H17N3O5S2/c1-28-16-4-2-3-13(11-16)12-17-19(25)22(20(29)30-17)10-9-21-18(24)14-5-7-15(8-6-14)23(26)27/h2-8,11-12H,9-10H2,1H3,(H,21,24)/b17-12+. The molecular weight excluding hydrogens is 426 g/mol. The first-order chi connectivity index (χ1) is 14.4. The number of rotatable bonds is 7. The van der Waals surface area contributed by atoms with Crippen molar-refractivity contribution in [2.75, 3.05) is 20.2 Å². The number of nitrogens with one attached hydrogen (secondary N) is 1. The molecule has 0 radical (unpaired) electrons. The molecule has 2 amide bonds. The zero-order valence-electron chi connectivity index (χ0n) is 15.9. The van der Waals surface area contributed by atoms with E-state index in [1.807, 2.05) is 24.3 Å². The van der Waals surface area contributed by atoms with Gasteiger partial charge in [-0.25, -0.2) is 0 Å². The van der Waals surface area contributed by atoms with Crippen molar-refractivity contribution in [2.45, 2.75) is 0 Å². The molecule has 2 aromatic rings. The minimum Gasteiger partial charge on any atom is -0.497 e. The first-order valence-electron chi connectivity index (χ1n) is 8.81. The summed E-state index contributed by atoms with van der Waals surface area (Å²) in [5.41, 5.74) is 1.03. The number of nitro groups is 1. The van der Waals surface area contributed by atoms with Crippen LogP contribution in [-0.2, 0) is 4.79 Å². The molecule has 0 aromatic heterocycles. The minimum absolute atomic E-state index is 0.0908. The summed E-state index contributed by atoms with van der Waals surface area (Å²) in [6.07, 6.45) is 1.75. The molecule has 0 unspecified atom stereocenters. The lowest BCUT2D eigenvalue weighted by molar-refractivity contribution is -0.384. The van der Waals surface area contributed by atoms with Crippen LogP contribution in [0.25, 0.3) is 6.08 Å². The number of carbonyl (C=O) groups is 2. The van der Waals surface area contributed by atoms with Gasteiger partial charge in [-0.05, 0) is 35.9 Å². The second-order valence-corrected chi connectivity index (χ2v) is 7.85.